The van der Waals surface area contributed by atoms with Gasteiger partial charge in [0.25, 0.3) is 12.0 Å². The molecule has 4 rings (SSSR count). The van der Waals surface area contributed by atoms with E-state index in [0.717, 1.165) is 23.5 Å². The highest BCUT2D eigenvalue weighted by Gasteiger charge is 2.52. The van der Waals surface area contributed by atoms with Crippen LogP contribution < -0.4 is 10.9 Å². The van der Waals surface area contributed by atoms with Crippen LogP contribution in [0.2, 0.25) is 0 Å². The van der Waals surface area contributed by atoms with Gasteiger partial charge in [-0.15, -0.1) is 0 Å². The highest BCUT2D eigenvalue weighted by molar-refractivity contribution is 5.87. The van der Waals surface area contributed by atoms with Gasteiger partial charge in [0, 0.05) is 24.7 Å². The molecule has 0 unspecified atom stereocenters. The highest BCUT2D eigenvalue weighted by Crippen LogP contribution is 2.43. The van der Waals surface area contributed by atoms with Crippen LogP contribution in [0.15, 0.2) is 41.3 Å². The molecule has 2 fully saturated rings. The van der Waals surface area contributed by atoms with Gasteiger partial charge in [0.2, 0.25) is 5.91 Å². The topological polar surface area (TPSA) is 104 Å². The van der Waals surface area contributed by atoms with Crippen molar-refractivity contribution in [3.05, 3.63) is 58.3 Å². The Bertz CT molecular complexity index is 1350. The van der Waals surface area contributed by atoms with Crippen molar-refractivity contribution in [1.82, 2.24) is 14.8 Å². The lowest BCUT2D eigenvalue weighted by atomic mass is 9.97. The average Bonchev–Trinajstić information content (AvgIpc) is 3.47. The predicted molar refractivity (Wildman–Crippen MR) is 136 cm³/mol. The molecule has 4 atom stereocenters. The third kappa shape index (κ3) is 6.44. The van der Waals surface area contributed by atoms with Gasteiger partial charge in [-0.05, 0) is 74.8 Å². The molecule has 8 nitrogen and oxygen atoms in total. The fraction of sp³-hybridized carbons (Fsp3) is 0.500. The number of amides is 2. The number of nitrogens with one attached hydrogen (secondary N) is 1. The average molecular weight is 545 g/mol. The molecule has 11 heteroatoms. The van der Waals surface area contributed by atoms with Gasteiger partial charge in [-0.1, -0.05) is 12.1 Å². The number of carbonyl (C=O) groups excluding carboxylic acids is 2. The summed E-state index contributed by atoms with van der Waals surface area (Å²) in [5.74, 6) is -1.16. The van der Waals surface area contributed by atoms with Crippen molar-refractivity contribution in [1.29, 1.82) is 5.26 Å². The summed E-state index contributed by atoms with van der Waals surface area (Å²) in [5.41, 5.74) is -0.400. The number of hydrogen-bond acceptors (Lipinski definition) is 5. The number of ether oxygens (including phenoxy) is 1. The number of aromatic nitrogens is 1. The van der Waals surface area contributed by atoms with Crippen molar-refractivity contribution in [2.75, 3.05) is 0 Å². The molecule has 2 bridgehead atoms. The zero-order chi connectivity index (χ0) is 28.5. The Morgan fingerprint density at radius 1 is 1.18 bits per heavy atom. The first-order valence-electron chi connectivity index (χ1n) is 12.8. The molecule has 2 aliphatic rings. The molecule has 0 spiro atoms. The number of halogens is 3. The van der Waals surface area contributed by atoms with Gasteiger partial charge >= 0.3 is 6.09 Å². The zero-order valence-corrected chi connectivity index (χ0v) is 22.0. The van der Waals surface area contributed by atoms with Crippen LogP contribution >= 0.6 is 0 Å². The Labute approximate surface area is 224 Å². The minimum Gasteiger partial charge on any atom is -0.444 e. The Morgan fingerprint density at radius 2 is 1.90 bits per heavy atom. The molecule has 1 saturated carbocycles. The minimum absolute atomic E-state index is 0.0359. The van der Waals surface area contributed by atoms with Gasteiger partial charge < -0.3 is 14.6 Å². The Balaban J connectivity index is 1.47. The van der Waals surface area contributed by atoms with Crippen molar-refractivity contribution in [3.63, 3.8) is 0 Å². The molecular weight excluding hydrogens is 513 g/mol. The van der Waals surface area contributed by atoms with Crippen LogP contribution in [0.4, 0.5) is 18.0 Å². The minimum atomic E-state index is -2.72. The molecule has 2 amide bonds. The van der Waals surface area contributed by atoms with Crippen LogP contribution in [0.3, 0.4) is 0 Å². The second-order valence-corrected chi connectivity index (χ2v) is 11.1. The monoisotopic (exact) mass is 544 g/mol. The molecule has 1 aromatic carbocycles. The summed E-state index contributed by atoms with van der Waals surface area (Å²) in [4.78, 5) is 39.4. The lowest BCUT2D eigenvalue weighted by Gasteiger charge is -2.35. The van der Waals surface area contributed by atoms with E-state index in [2.05, 4.69) is 5.32 Å². The van der Waals surface area contributed by atoms with Crippen molar-refractivity contribution in [3.8, 4) is 17.2 Å². The smallest absolute Gasteiger partial charge is 0.411 e. The maximum Gasteiger partial charge on any atom is 0.411 e. The third-order valence-electron chi connectivity index (χ3n) is 7.06. The summed E-state index contributed by atoms with van der Waals surface area (Å²) in [6, 6.07) is 6.85. The molecule has 39 heavy (non-hydrogen) atoms. The maximum atomic E-state index is 15.0. The molecule has 1 N–H and O–H groups in total. The van der Waals surface area contributed by atoms with E-state index in [1.54, 1.807) is 26.8 Å². The van der Waals surface area contributed by atoms with Crippen LogP contribution in [0.5, 0.6) is 0 Å². The molecular formula is C28H31F3N4O4. The Kier molecular flexibility index (Phi) is 8.04. The van der Waals surface area contributed by atoms with E-state index in [1.165, 1.54) is 29.3 Å². The number of pyridine rings is 1. The number of alkyl halides is 2. The van der Waals surface area contributed by atoms with E-state index >= 15 is 4.39 Å². The molecule has 1 aromatic heterocycles. The number of benzene rings is 1. The standard InChI is InChI=1S/C28H31F3N4O4/c1-28(2,3)39-27(38)35-21-8-6-18(11-21)25(35)26(37)33-20(13-32)10-17-5-4-16(12-22(17)29)19-7-9-24(36)34(14-19)15-23(30)31/h4-5,7,9,12,14,18,20-21,23,25H,6,8,10-11,15H2,1-3H3,(H,33,37)/t18-,20-,21+,25-/m0/s1. The maximum absolute atomic E-state index is 15.0. The summed E-state index contributed by atoms with van der Waals surface area (Å²) >= 11 is 0. The van der Waals surface area contributed by atoms with Crippen LogP contribution in [0.25, 0.3) is 11.1 Å². The van der Waals surface area contributed by atoms with Gasteiger partial charge in [-0.3, -0.25) is 14.5 Å². The molecule has 0 radical (unpaired) electrons. The van der Waals surface area contributed by atoms with E-state index in [-0.39, 0.29) is 23.9 Å². The van der Waals surface area contributed by atoms with Crippen molar-refractivity contribution < 1.29 is 27.5 Å². The first-order chi connectivity index (χ1) is 18.4. The molecule has 1 aliphatic heterocycles. The van der Waals surface area contributed by atoms with Gasteiger partial charge in [0.1, 0.15) is 23.5 Å². The number of rotatable bonds is 7. The van der Waals surface area contributed by atoms with E-state index in [9.17, 15) is 28.4 Å². The van der Waals surface area contributed by atoms with Gasteiger partial charge in [-0.2, -0.15) is 5.26 Å². The Morgan fingerprint density at radius 3 is 2.54 bits per heavy atom. The quantitative estimate of drug-likeness (QED) is 0.561. The third-order valence-corrected chi connectivity index (χ3v) is 7.06. The van der Waals surface area contributed by atoms with Gasteiger partial charge in [0.05, 0.1) is 12.6 Å². The van der Waals surface area contributed by atoms with Crippen molar-refractivity contribution in [2.45, 2.75) is 83.2 Å². The number of piperidine rings is 1. The van der Waals surface area contributed by atoms with Crippen LogP contribution in [-0.4, -0.2) is 51.6 Å². The summed E-state index contributed by atoms with van der Waals surface area (Å²) in [5, 5.41) is 12.4. The first-order valence-corrected chi connectivity index (χ1v) is 12.8. The summed E-state index contributed by atoms with van der Waals surface area (Å²) in [7, 11) is 0. The lowest BCUT2D eigenvalue weighted by molar-refractivity contribution is -0.128. The fourth-order valence-corrected chi connectivity index (χ4v) is 5.39. The van der Waals surface area contributed by atoms with E-state index in [0.29, 0.717) is 17.5 Å². The molecule has 2 heterocycles. The number of hydrogen-bond donors (Lipinski definition) is 1. The van der Waals surface area contributed by atoms with Gasteiger partial charge in [0.15, 0.2) is 0 Å². The molecule has 1 aliphatic carbocycles. The van der Waals surface area contributed by atoms with Crippen molar-refractivity contribution >= 4 is 12.0 Å². The summed E-state index contributed by atoms with van der Waals surface area (Å²) in [6.45, 7) is 4.48. The van der Waals surface area contributed by atoms with Crippen LogP contribution in [0.1, 0.15) is 45.6 Å². The number of nitriles is 1. The van der Waals surface area contributed by atoms with Crippen molar-refractivity contribution in [2.24, 2.45) is 5.92 Å². The lowest BCUT2D eigenvalue weighted by Crippen LogP contribution is -2.55. The normalized spacial score (nSPS) is 21.1. The van der Waals surface area contributed by atoms with E-state index in [1.807, 2.05) is 6.07 Å². The number of nitrogens with zero attached hydrogens (tertiary/aromatic N) is 3. The SMILES string of the molecule is CC(C)(C)OC(=O)N1[C@@H]2CC[C@@H](C2)[C@H]1C(=O)N[C@H](C#N)Cc1ccc(-c2ccc(=O)n(CC(F)F)c2)cc1F. The second-order valence-electron chi connectivity index (χ2n) is 11.1. The first kappa shape index (κ1) is 28.2. The summed E-state index contributed by atoms with van der Waals surface area (Å²) in [6.07, 6.45) is 0.108. The Hall–Kier alpha value is -3.81. The number of fused-ring (bicyclic) bond motifs is 2. The molecule has 1 saturated heterocycles. The van der Waals surface area contributed by atoms with Crippen LogP contribution in [-0.2, 0) is 22.5 Å². The van der Waals surface area contributed by atoms with E-state index < -0.39 is 54.0 Å². The predicted octanol–water partition coefficient (Wildman–Crippen LogP) is 4.26. The fourth-order valence-electron chi connectivity index (χ4n) is 5.39. The number of carbonyl (C=O) groups is 2. The van der Waals surface area contributed by atoms with E-state index in [4.69, 9.17) is 4.74 Å². The van der Waals surface area contributed by atoms with Crippen LogP contribution in [0, 0.1) is 23.1 Å². The number of likely N-dealkylation sites (tertiary alicyclic amines) is 1. The largest absolute Gasteiger partial charge is 0.444 e. The molecule has 2 aromatic rings. The van der Waals surface area contributed by atoms with Gasteiger partial charge in [-0.25, -0.2) is 18.0 Å². The highest BCUT2D eigenvalue weighted by atomic mass is 19.3. The second kappa shape index (κ2) is 11.1. The molecule has 208 valence electrons. The zero-order valence-electron chi connectivity index (χ0n) is 22.0. The summed E-state index contributed by atoms with van der Waals surface area (Å²) < 4.78 is 46.9.